The lowest BCUT2D eigenvalue weighted by atomic mass is 9.81. The lowest BCUT2D eigenvalue weighted by Crippen LogP contribution is -2.49. The fourth-order valence-electron chi connectivity index (χ4n) is 2.79. The number of rotatable bonds is 7. The standard InChI is InChI=1S/C16H25NO2/c1-16(13-19,14-6-3-2-4-7-14)12-17(10-11-18)15-8-5-9-15/h2-4,6-7,15,18-19H,5,8-13H2,1H3. The second kappa shape index (κ2) is 6.51. The summed E-state index contributed by atoms with van der Waals surface area (Å²) in [5, 5.41) is 19.1. The number of aliphatic hydroxyl groups is 2. The Kier molecular flexibility index (Phi) is 4.97. The zero-order chi connectivity index (χ0) is 13.7. The molecule has 1 atom stereocenters. The molecule has 3 heteroatoms. The van der Waals surface area contributed by atoms with Crippen LogP contribution in [0.5, 0.6) is 0 Å². The van der Waals surface area contributed by atoms with Crippen molar-refractivity contribution >= 4 is 0 Å². The number of aliphatic hydroxyl groups excluding tert-OH is 2. The quantitative estimate of drug-likeness (QED) is 0.788. The van der Waals surface area contributed by atoms with Gasteiger partial charge in [-0.25, -0.2) is 0 Å². The number of benzene rings is 1. The monoisotopic (exact) mass is 263 g/mol. The van der Waals surface area contributed by atoms with E-state index in [9.17, 15) is 10.2 Å². The molecular formula is C16H25NO2. The van der Waals surface area contributed by atoms with E-state index in [1.54, 1.807) is 0 Å². The smallest absolute Gasteiger partial charge is 0.0558 e. The first-order chi connectivity index (χ1) is 9.19. The second-order valence-corrected chi connectivity index (χ2v) is 5.86. The van der Waals surface area contributed by atoms with Gasteiger partial charge in [-0.05, 0) is 18.4 Å². The number of hydrogen-bond donors (Lipinski definition) is 2. The first-order valence-corrected chi connectivity index (χ1v) is 7.21. The Hall–Kier alpha value is -0.900. The van der Waals surface area contributed by atoms with Gasteiger partial charge >= 0.3 is 0 Å². The van der Waals surface area contributed by atoms with Gasteiger partial charge < -0.3 is 10.2 Å². The third kappa shape index (κ3) is 3.35. The molecule has 1 aliphatic rings. The molecule has 0 aromatic heterocycles. The van der Waals surface area contributed by atoms with Crippen molar-refractivity contribution in [2.45, 2.75) is 37.6 Å². The van der Waals surface area contributed by atoms with Crippen LogP contribution >= 0.6 is 0 Å². The van der Waals surface area contributed by atoms with Gasteiger partial charge in [-0.1, -0.05) is 43.7 Å². The summed E-state index contributed by atoms with van der Waals surface area (Å²) in [7, 11) is 0. The SMILES string of the molecule is CC(CO)(CN(CCO)C1CCC1)c1ccccc1. The lowest BCUT2D eigenvalue weighted by Gasteiger charge is -2.42. The van der Waals surface area contributed by atoms with Crippen LogP contribution in [-0.4, -0.2) is 47.5 Å². The molecule has 1 saturated carbocycles. The molecule has 0 spiro atoms. The van der Waals surface area contributed by atoms with E-state index in [0.29, 0.717) is 12.6 Å². The van der Waals surface area contributed by atoms with Crippen molar-refractivity contribution < 1.29 is 10.2 Å². The summed E-state index contributed by atoms with van der Waals surface area (Å²) in [6.45, 7) is 3.93. The summed E-state index contributed by atoms with van der Waals surface area (Å²) in [4.78, 5) is 2.34. The highest BCUT2D eigenvalue weighted by molar-refractivity contribution is 5.25. The molecule has 0 saturated heterocycles. The van der Waals surface area contributed by atoms with Crippen molar-refractivity contribution in [3.8, 4) is 0 Å². The van der Waals surface area contributed by atoms with E-state index in [1.807, 2.05) is 18.2 Å². The van der Waals surface area contributed by atoms with Crippen molar-refractivity contribution in [2.75, 3.05) is 26.3 Å². The fourth-order valence-corrected chi connectivity index (χ4v) is 2.79. The predicted octanol–water partition coefficient (Wildman–Crippen LogP) is 1.78. The largest absolute Gasteiger partial charge is 0.395 e. The van der Waals surface area contributed by atoms with E-state index in [0.717, 1.165) is 6.54 Å². The molecule has 2 rings (SSSR count). The summed E-state index contributed by atoms with van der Waals surface area (Å²) in [6, 6.07) is 10.8. The summed E-state index contributed by atoms with van der Waals surface area (Å²) in [6.07, 6.45) is 3.72. The number of hydrogen-bond acceptors (Lipinski definition) is 3. The molecule has 2 N–H and O–H groups in total. The van der Waals surface area contributed by atoms with Gasteiger partial charge in [-0.15, -0.1) is 0 Å². The third-order valence-electron chi connectivity index (χ3n) is 4.35. The zero-order valence-electron chi connectivity index (χ0n) is 11.8. The Morgan fingerprint density at radius 3 is 2.37 bits per heavy atom. The van der Waals surface area contributed by atoms with Gasteiger partial charge in [0.05, 0.1) is 13.2 Å². The summed E-state index contributed by atoms with van der Waals surface area (Å²) in [5.41, 5.74) is 0.909. The average molecular weight is 263 g/mol. The lowest BCUT2D eigenvalue weighted by molar-refractivity contribution is 0.0620. The van der Waals surface area contributed by atoms with E-state index in [-0.39, 0.29) is 18.6 Å². The van der Waals surface area contributed by atoms with Gasteiger partial charge in [0.2, 0.25) is 0 Å². The molecule has 0 amide bonds. The molecule has 1 aliphatic carbocycles. The fraction of sp³-hybridized carbons (Fsp3) is 0.625. The first-order valence-electron chi connectivity index (χ1n) is 7.21. The Morgan fingerprint density at radius 1 is 1.21 bits per heavy atom. The average Bonchev–Trinajstić information content (AvgIpc) is 2.38. The Morgan fingerprint density at radius 2 is 1.89 bits per heavy atom. The van der Waals surface area contributed by atoms with Crippen LogP contribution in [0.1, 0.15) is 31.7 Å². The Labute approximate surface area is 115 Å². The number of nitrogens with zero attached hydrogens (tertiary/aromatic N) is 1. The normalized spacial score (nSPS) is 19.2. The van der Waals surface area contributed by atoms with Crippen molar-refractivity contribution in [1.29, 1.82) is 0 Å². The van der Waals surface area contributed by atoms with E-state index in [2.05, 4.69) is 24.0 Å². The van der Waals surface area contributed by atoms with Crippen LogP contribution in [0, 0.1) is 0 Å². The Balaban J connectivity index is 2.11. The molecule has 106 valence electrons. The molecule has 1 unspecified atom stereocenters. The van der Waals surface area contributed by atoms with E-state index >= 15 is 0 Å². The highest BCUT2D eigenvalue weighted by Crippen LogP contribution is 2.30. The van der Waals surface area contributed by atoms with Gasteiger partial charge in [0.25, 0.3) is 0 Å². The minimum atomic E-state index is -0.258. The van der Waals surface area contributed by atoms with Crippen LogP contribution in [0.15, 0.2) is 30.3 Å². The molecule has 1 aromatic rings. The summed E-state index contributed by atoms with van der Waals surface area (Å²) in [5.74, 6) is 0. The van der Waals surface area contributed by atoms with Gasteiger partial charge in [-0.2, -0.15) is 0 Å². The molecule has 0 aliphatic heterocycles. The molecule has 0 heterocycles. The maximum absolute atomic E-state index is 9.84. The minimum Gasteiger partial charge on any atom is -0.395 e. The first kappa shape index (κ1) is 14.5. The molecule has 19 heavy (non-hydrogen) atoms. The highest BCUT2D eigenvalue weighted by atomic mass is 16.3. The minimum absolute atomic E-state index is 0.131. The molecule has 3 nitrogen and oxygen atoms in total. The van der Waals surface area contributed by atoms with Crippen LogP contribution in [-0.2, 0) is 5.41 Å². The summed E-state index contributed by atoms with van der Waals surface area (Å²) >= 11 is 0. The van der Waals surface area contributed by atoms with Crippen molar-refractivity contribution in [2.24, 2.45) is 0 Å². The second-order valence-electron chi connectivity index (χ2n) is 5.86. The van der Waals surface area contributed by atoms with E-state index in [1.165, 1.54) is 24.8 Å². The molecule has 0 radical (unpaired) electrons. The molecule has 0 bridgehead atoms. The van der Waals surface area contributed by atoms with Crippen LogP contribution in [0.3, 0.4) is 0 Å². The summed E-state index contributed by atoms with van der Waals surface area (Å²) < 4.78 is 0. The zero-order valence-corrected chi connectivity index (χ0v) is 11.8. The van der Waals surface area contributed by atoms with Crippen molar-refractivity contribution in [3.63, 3.8) is 0 Å². The Bertz CT molecular complexity index is 378. The van der Waals surface area contributed by atoms with Crippen molar-refractivity contribution in [3.05, 3.63) is 35.9 Å². The van der Waals surface area contributed by atoms with Crippen LogP contribution in [0.25, 0.3) is 0 Å². The topological polar surface area (TPSA) is 43.7 Å². The highest BCUT2D eigenvalue weighted by Gasteiger charge is 2.33. The maximum atomic E-state index is 9.84. The van der Waals surface area contributed by atoms with E-state index in [4.69, 9.17) is 0 Å². The van der Waals surface area contributed by atoms with Crippen LogP contribution in [0.2, 0.25) is 0 Å². The predicted molar refractivity (Wildman–Crippen MR) is 77.2 cm³/mol. The van der Waals surface area contributed by atoms with Gasteiger partial charge in [-0.3, -0.25) is 4.90 Å². The molecule has 1 fully saturated rings. The maximum Gasteiger partial charge on any atom is 0.0558 e. The van der Waals surface area contributed by atoms with Crippen LogP contribution < -0.4 is 0 Å². The molecular weight excluding hydrogens is 238 g/mol. The van der Waals surface area contributed by atoms with Gasteiger partial charge in [0.15, 0.2) is 0 Å². The third-order valence-corrected chi connectivity index (χ3v) is 4.35. The van der Waals surface area contributed by atoms with E-state index < -0.39 is 0 Å². The van der Waals surface area contributed by atoms with Crippen molar-refractivity contribution in [1.82, 2.24) is 4.90 Å². The van der Waals surface area contributed by atoms with Crippen LogP contribution in [0.4, 0.5) is 0 Å². The molecule has 1 aromatic carbocycles. The van der Waals surface area contributed by atoms with Gasteiger partial charge in [0.1, 0.15) is 0 Å². The van der Waals surface area contributed by atoms with Gasteiger partial charge in [0, 0.05) is 24.5 Å².